The first-order chi connectivity index (χ1) is 12.3. The molecule has 0 aromatic rings. The van der Waals surface area contributed by atoms with Crippen molar-refractivity contribution in [2.24, 2.45) is 0 Å². The van der Waals surface area contributed by atoms with Crippen LogP contribution in [0.3, 0.4) is 0 Å². The number of hydrogen-bond acceptors (Lipinski definition) is 0. The summed E-state index contributed by atoms with van der Waals surface area (Å²) in [5.74, 6) is 0. The van der Waals surface area contributed by atoms with Crippen molar-refractivity contribution in [3.63, 3.8) is 0 Å². The topological polar surface area (TPSA) is 89.3 Å². The van der Waals surface area contributed by atoms with Crippen molar-refractivity contribution in [2.75, 3.05) is 99.2 Å². The Kier molecular flexibility index (Phi) is 19.3. The summed E-state index contributed by atoms with van der Waals surface area (Å²) < 4.78 is 0. The zero-order valence-corrected chi connectivity index (χ0v) is 17.4. The van der Waals surface area contributed by atoms with Crippen LogP contribution in [0.2, 0.25) is 0 Å². The molecule has 0 aliphatic carbocycles. The van der Waals surface area contributed by atoms with E-state index in [2.05, 4.69) is 54.0 Å². The monoisotopic (exact) mass is 364 g/mol. The largest absolute Gasteiger partial charge is 0.344 e. The van der Waals surface area contributed by atoms with E-state index >= 15 is 0 Å². The summed E-state index contributed by atoms with van der Waals surface area (Å²) in [7, 11) is 4.34. The minimum absolute atomic E-state index is 1.02. The molecule has 0 saturated carbocycles. The van der Waals surface area contributed by atoms with Gasteiger partial charge in [-0.15, -0.1) is 0 Å². The van der Waals surface area contributed by atoms with Gasteiger partial charge in [0.15, 0.2) is 6.54 Å². The van der Waals surface area contributed by atoms with Crippen molar-refractivity contribution < 1.29 is 36.1 Å². The lowest BCUT2D eigenvalue weighted by molar-refractivity contribution is -0.932. The van der Waals surface area contributed by atoms with Crippen molar-refractivity contribution >= 4 is 6.72 Å². The second kappa shape index (κ2) is 19.8. The maximum atomic E-state index is 3.70. The predicted octanol–water partition coefficient (Wildman–Crippen LogP) is -9.54. The van der Waals surface area contributed by atoms with Crippen LogP contribution in [0.25, 0.3) is 0 Å². The maximum absolute atomic E-state index is 3.70. The summed E-state index contributed by atoms with van der Waals surface area (Å²) in [6.45, 7) is 22.1. The van der Waals surface area contributed by atoms with Gasteiger partial charge in [0.25, 0.3) is 0 Å². The molecule has 25 heavy (non-hydrogen) atoms. The van der Waals surface area contributed by atoms with E-state index < -0.39 is 0 Å². The number of nitrogens with two attached hydrogens (primary N) is 4. The first-order valence-electron chi connectivity index (χ1n) is 10.6. The van der Waals surface area contributed by atoms with Crippen LogP contribution in [0, 0.1) is 0 Å². The molecule has 0 spiro atoms. The molecule has 0 amide bonds. The molecule has 1 unspecified atom stereocenters. The Hall–Kier alpha value is -0.570. The lowest BCUT2D eigenvalue weighted by Gasteiger charge is -2.16. The molecular formula is C18H50N7+7. The molecule has 0 aromatic heterocycles. The average molecular weight is 365 g/mol. The highest BCUT2D eigenvalue weighted by Gasteiger charge is 2.10. The standard InChI is InChI=1S/C18H43N7/c1-5-24(15-10-19-2)14-6-7-22-8-9-23-13-18-25(16-11-20-3)17-12-21-4/h20-23H,2,5-18H2,1,3-4H3/p+7. The summed E-state index contributed by atoms with van der Waals surface area (Å²) in [6.07, 6.45) is 1.32. The van der Waals surface area contributed by atoms with E-state index in [-0.39, 0.29) is 0 Å². The van der Waals surface area contributed by atoms with Crippen LogP contribution in [0.15, 0.2) is 0 Å². The Labute approximate surface area is 156 Å². The van der Waals surface area contributed by atoms with Gasteiger partial charge in [0.1, 0.15) is 65.6 Å². The number of rotatable bonds is 20. The van der Waals surface area contributed by atoms with Crippen LogP contribution < -0.4 is 36.1 Å². The Bertz CT molecular complexity index is 268. The van der Waals surface area contributed by atoms with Crippen LogP contribution in [0.4, 0.5) is 0 Å². The maximum Gasteiger partial charge on any atom is 0.188 e. The third-order valence-corrected chi connectivity index (χ3v) is 4.94. The molecule has 0 fully saturated rings. The van der Waals surface area contributed by atoms with Gasteiger partial charge in [-0.05, 0) is 6.92 Å². The molecular weight excluding hydrogens is 314 g/mol. The van der Waals surface area contributed by atoms with Crippen molar-refractivity contribution in [3.8, 4) is 0 Å². The molecule has 0 heterocycles. The fourth-order valence-electron chi connectivity index (χ4n) is 3.14. The summed E-state index contributed by atoms with van der Waals surface area (Å²) in [5.41, 5.74) is 0. The fourth-order valence-corrected chi connectivity index (χ4v) is 3.14. The molecule has 7 heteroatoms. The van der Waals surface area contributed by atoms with Crippen LogP contribution in [-0.4, -0.2) is 106 Å². The predicted molar refractivity (Wildman–Crippen MR) is 103 cm³/mol. The molecule has 0 aliphatic heterocycles. The van der Waals surface area contributed by atoms with Crippen LogP contribution in [-0.2, 0) is 0 Å². The molecule has 1 atom stereocenters. The average Bonchev–Trinajstić information content (AvgIpc) is 2.64. The lowest BCUT2D eigenvalue weighted by atomic mass is 10.3. The van der Waals surface area contributed by atoms with Gasteiger partial charge in [-0.3, -0.25) is 0 Å². The molecule has 0 aliphatic rings. The van der Waals surface area contributed by atoms with E-state index in [0.29, 0.717) is 0 Å². The summed E-state index contributed by atoms with van der Waals surface area (Å²) in [4.78, 5) is 6.45. The van der Waals surface area contributed by atoms with Crippen LogP contribution in [0.1, 0.15) is 13.3 Å². The van der Waals surface area contributed by atoms with E-state index in [4.69, 9.17) is 0 Å². The van der Waals surface area contributed by atoms with Crippen LogP contribution in [0.5, 0.6) is 0 Å². The summed E-state index contributed by atoms with van der Waals surface area (Å²) >= 11 is 0. The van der Waals surface area contributed by atoms with E-state index in [0.717, 1.165) is 6.54 Å². The van der Waals surface area contributed by atoms with Gasteiger partial charge < -0.3 is 31.1 Å². The van der Waals surface area contributed by atoms with Gasteiger partial charge in [0.2, 0.25) is 0 Å². The van der Waals surface area contributed by atoms with Gasteiger partial charge >= 0.3 is 0 Å². The first-order valence-corrected chi connectivity index (χ1v) is 10.6. The first kappa shape index (κ1) is 24.4. The SMILES string of the molecule is C=[NH+]CC[NH+](CC)CCC[NH2+]CC[NH2+]CC[NH+](CC[NH2+]C)CC[NH2+]C. The Morgan fingerprint density at radius 1 is 0.720 bits per heavy atom. The molecule has 0 bridgehead atoms. The minimum atomic E-state index is 1.02. The van der Waals surface area contributed by atoms with Gasteiger partial charge in [-0.2, -0.15) is 0 Å². The molecule has 7 nitrogen and oxygen atoms in total. The third kappa shape index (κ3) is 16.6. The molecule has 150 valence electrons. The second-order valence-electron chi connectivity index (χ2n) is 7.08. The van der Waals surface area contributed by atoms with Crippen molar-refractivity contribution in [3.05, 3.63) is 0 Å². The van der Waals surface area contributed by atoms with Gasteiger partial charge in [0, 0.05) is 6.42 Å². The zero-order chi connectivity index (χ0) is 18.6. The highest BCUT2D eigenvalue weighted by Crippen LogP contribution is 1.63. The highest BCUT2D eigenvalue weighted by molar-refractivity contribution is 5.12. The third-order valence-electron chi connectivity index (χ3n) is 4.94. The Balaban J connectivity index is 3.50. The second-order valence-corrected chi connectivity index (χ2v) is 7.08. The Morgan fingerprint density at radius 2 is 1.32 bits per heavy atom. The van der Waals surface area contributed by atoms with E-state index in [9.17, 15) is 0 Å². The number of quaternary nitrogens is 6. The van der Waals surface area contributed by atoms with E-state index in [1.807, 2.05) is 0 Å². The molecule has 0 saturated heterocycles. The minimum Gasteiger partial charge on any atom is -0.344 e. The van der Waals surface area contributed by atoms with Gasteiger partial charge in [-0.1, -0.05) is 0 Å². The molecule has 0 aromatic carbocycles. The fraction of sp³-hybridized carbons (Fsp3) is 0.944. The van der Waals surface area contributed by atoms with Crippen molar-refractivity contribution in [1.29, 1.82) is 0 Å². The zero-order valence-electron chi connectivity index (χ0n) is 17.4. The van der Waals surface area contributed by atoms with Crippen molar-refractivity contribution in [1.82, 2.24) is 0 Å². The summed E-state index contributed by atoms with van der Waals surface area (Å²) in [5, 5.41) is 9.59. The Morgan fingerprint density at radius 3 is 1.88 bits per heavy atom. The van der Waals surface area contributed by atoms with E-state index in [1.165, 1.54) is 85.0 Å². The molecule has 0 radical (unpaired) electrons. The van der Waals surface area contributed by atoms with Crippen molar-refractivity contribution in [2.45, 2.75) is 13.3 Å². The van der Waals surface area contributed by atoms with Crippen LogP contribution >= 0.6 is 0 Å². The van der Waals surface area contributed by atoms with Gasteiger partial charge in [0.05, 0.1) is 33.7 Å². The lowest BCUT2D eigenvalue weighted by Crippen LogP contribution is -3.18. The highest BCUT2D eigenvalue weighted by atomic mass is 15.2. The molecule has 0 rings (SSSR count). The normalized spacial score (nSPS) is 12.6. The van der Waals surface area contributed by atoms with E-state index in [1.54, 1.807) is 9.80 Å². The van der Waals surface area contributed by atoms with Gasteiger partial charge in [-0.25, -0.2) is 4.99 Å². The quantitative estimate of drug-likeness (QED) is 0.0826. The smallest absolute Gasteiger partial charge is 0.188 e. The number of likely N-dealkylation sites (N-methyl/N-ethyl adjacent to an activating group) is 3. The number of hydrogen-bond donors (Lipinski definition) is 7. The molecule has 11 N–H and O–H groups in total. The summed E-state index contributed by atoms with van der Waals surface area (Å²) in [6, 6.07) is 0. The number of nitrogens with one attached hydrogen (secondary N) is 3.